The first-order valence-electron chi connectivity index (χ1n) is 12.5. The number of rotatable bonds is 6. The zero-order valence-corrected chi connectivity index (χ0v) is 21.7. The van der Waals surface area contributed by atoms with E-state index in [2.05, 4.69) is 11.0 Å². The highest BCUT2D eigenvalue weighted by Gasteiger charge is 2.30. The molecule has 2 heterocycles. The summed E-state index contributed by atoms with van der Waals surface area (Å²) < 4.78 is 34.3. The molecule has 0 atom stereocenters. The number of amides is 1. The molecule has 0 aliphatic carbocycles. The lowest BCUT2D eigenvalue weighted by atomic mass is 10.0. The SMILES string of the molecule is COc1ccc(S(=O)(=O)N2CCc3ccccc3C2)cc1N1CCN(C(=O)/C=C/c2ccccc2)CC1. The normalized spacial score (nSPS) is 16.6. The van der Waals surface area contributed by atoms with Gasteiger partial charge in [-0.15, -0.1) is 0 Å². The fourth-order valence-corrected chi connectivity index (χ4v) is 6.35. The number of piperazine rings is 1. The van der Waals surface area contributed by atoms with Gasteiger partial charge in [0, 0.05) is 45.3 Å². The van der Waals surface area contributed by atoms with Gasteiger partial charge >= 0.3 is 0 Å². The van der Waals surface area contributed by atoms with E-state index in [9.17, 15) is 13.2 Å². The van der Waals surface area contributed by atoms with Gasteiger partial charge in [-0.05, 0) is 47.4 Å². The minimum atomic E-state index is -3.67. The van der Waals surface area contributed by atoms with E-state index >= 15 is 0 Å². The second-order valence-electron chi connectivity index (χ2n) is 9.25. The Morgan fingerprint density at radius 2 is 1.57 bits per heavy atom. The molecule has 2 aliphatic rings. The van der Waals surface area contributed by atoms with Crippen molar-refractivity contribution in [2.75, 3.05) is 44.7 Å². The molecule has 37 heavy (non-hydrogen) atoms. The molecule has 0 unspecified atom stereocenters. The summed E-state index contributed by atoms with van der Waals surface area (Å²) in [4.78, 5) is 16.9. The van der Waals surface area contributed by atoms with Gasteiger partial charge in [-0.3, -0.25) is 4.79 Å². The van der Waals surface area contributed by atoms with Crippen LogP contribution in [0, 0.1) is 0 Å². The van der Waals surface area contributed by atoms with Crippen LogP contribution < -0.4 is 9.64 Å². The number of anilines is 1. The summed E-state index contributed by atoms with van der Waals surface area (Å²) in [6.07, 6.45) is 4.13. The van der Waals surface area contributed by atoms with Crippen LogP contribution in [0.3, 0.4) is 0 Å². The molecule has 1 amide bonds. The van der Waals surface area contributed by atoms with Crippen molar-refractivity contribution in [3.05, 3.63) is 95.6 Å². The van der Waals surface area contributed by atoms with Crippen molar-refractivity contribution in [1.29, 1.82) is 0 Å². The van der Waals surface area contributed by atoms with Crippen LogP contribution in [0.1, 0.15) is 16.7 Å². The number of benzene rings is 3. The van der Waals surface area contributed by atoms with Crippen molar-refractivity contribution in [1.82, 2.24) is 9.21 Å². The Bertz CT molecular complexity index is 1400. The molecule has 0 N–H and O–H groups in total. The Hall–Kier alpha value is -3.62. The van der Waals surface area contributed by atoms with Crippen LogP contribution >= 0.6 is 0 Å². The maximum atomic E-state index is 13.6. The molecule has 0 spiro atoms. The van der Waals surface area contributed by atoms with Gasteiger partial charge in [0.05, 0.1) is 17.7 Å². The maximum absolute atomic E-state index is 13.6. The minimum absolute atomic E-state index is 0.0304. The first-order chi connectivity index (χ1) is 18.0. The smallest absolute Gasteiger partial charge is 0.246 e. The second kappa shape index (κ2) is 10.8. The van der Waals surface area contributed by atoms with Crippen LogP contribution in [0.25, 0.3) is 6.08 Å². The summed E-state index contributed by atoms with van der Waals surface area (Å²) in [5.74, 6) is 0.587. The molecule has 7 nitrogen and oxygen atoms in total. The van der Waals surface area contributed by atoms with Gasteiger partial charge in [0.2, 0.25) is 15.9 Å². The lowest BCUT2D eigenvalue weighted by molar-refractivity contribution is -0.126. The van der Waals surface area contributed by atoms with Crippen molar-refractivity contribution in [2.24, 2.45) is 0 Å². The molecule has 192 valence electrons. The van der Waals surface area contributed by atoms with Crippen LogP contribution in [-0.2, 0) is 27.8 Å². The minimum Gasteiger partial charge on any atom is -0.495 e. The van der Waals surface area contributed by atoms with Crippen molar-refractivity contribution in [3.63, 3.8) is 0 Å². The van der Waals surface area contributed by atoms with Gasteiger partial charge < -0.3 is 14.5 Å². The van der Waals surface area contributed by atoms with E-state index in [-0.39, 0.29) is 10.8 Å². The van der Waals surface area contributed by atoms with E-state index in [0.29, 0.717) is 51.4 Å². The van der Waals surface area contributed by atoms with Gasteiger partial charge in [-0.25, -0.2) is 8.42 Å². The molecule has 1 saturated heterocycles. The highest BCUT2D eigenvalue weighted by atomic mass is 32.2. The van der Waals surface area contributed by atoms with Gasteiger partial charge in [0.15, 0.2) is 0 Å². The third kappa shape index (κ3) is 5.40. The Balaban J connectivity index is 1.29. The predicted octanol–water partition coefficient (Wildman–Crippen LogP) is 3.80. The first kappa shape index (κ1) is 25.0. The molecule has 3 aromatic carbocycles. The fraction of sp³-hybridized carbons (Fsp3) is 0.276. The molecule has 3 aromatic rings. The van der Waals surface area contributed by atoms with Crippen molar-refractivity contribution in [2.45, 2.75) is 17.9 Å². The van der Waals surface area contributed by atoms with Gasteiger partial charge in [0.25, 0.3) is 0 Å². The van der Waals surface area contributed by atoms with Crippen molar-refractivity contribution >= 4 is 27.7 Å². The third-order valence-electron chi connectivity index (χ3n) is 7.03. The molecule has 0 bridgehead atoms. The summed E-state index contributed by atoms with van der Waals surface area (Å²) in [6, 6.07) is 22.8. The lowest BCUT2D eigenvalue weighted by Gasteiger charge is -2.36. The highest BCUT2D eigenvalue weighted by Crippen LogP contribution is 2.34. The molecular formula is C29H31N3O4S. The highest BCUT2D eigenvalue weighted by molar-refractivity contribution is 7.89. The number of carbonyl (C=O) groups is 1. The number of ether oxygens (including phenoxy) is 1. The lowest BCUT2D eigenvalue weighted by Crippen LogP contribution is -2.48. The van der Waals surface area contributed by atoms with E-state index < -0.39 is 10.0 Å². The molecule has 0 aromatic heterocycles. The first-order valence-corrected chi connectivity index (χ1v) is 13.9. The van der Waals surface area contributed by atoms with E-state index in [1.54, 1.807) is 35.7 Å². The van der Waals surface area contributed by atoms with Crippen molar-refractivity contribution < 1.29 is 17.9 Å². The zero-order valence-electron chi connectivity index (χ0n) is 20.9. The van der Waals surface area contributed by atoms with Gasteiger partial charge in [-0.2, -0.15) is 4.31 Å². The number of hydrogen-bond donors (Lipinski definition) is 0. The van der Waals surface area contributed by atoms with Crippen molar-refractivity contribution in [3.8, 4) is 5.75 Å². The van der Waals surface area contributed by atoms with Gasteiger partial charge in [0.1, 0.15) is 5.75 Å². The number of nitrogens with zero attached hydrogens (tertiary/aromatic N) is 3. The quantitative estimate of drug-likeness (QED) is 0.465. The standard InChI is InChI=1S/C29H31N3O4S/c1-36-28-13-12-26(37(34,35)32-16-15-24-9-5-6-10-25(24)22-32)21-27(28)30-17-19-31(20-18-30)29(33)14-11-23-7-3-2-4-8-23/h2-14,21H,15-20,22H2,1H3/b14-11+. The second-order valence-corrected chi connectivity index (χ2v) is 11.2. The van der Waals surface area contributed by atoms with E-state index in [1.807, 2.05) is 59.5 Å². The van der Waals surface area contributed by atoms with Crippen LogP contribution in [-0.4, -0.2) is 63.4 Å². The summed E-state index contributed by atoms with van der Waals surface area (Å²) in [5.41, 5.74) is 3.96. The molecular weight excluding hydrogens is 486 g/mol. The van der Waals surface area contributed by atoms with Crippen LogP contribution in [0.4, 0.5) is 5.69 Å². The van der Waals surface area contributed by atoms with E-state index in [4.69, 9.17) is 4.74 Å². The Morgan fingerprint density at radius 3 is 2.30 bits per heavy atom. The summed E-state index contributed by atoms with van der Waals surface area (Å²) in [5, 5.41) is 0. The Morgan fingerprint density at radius 1 is 0.865 bits per heavy atom. The molecule has 5 rings (SSSR count). The van der Waals surface area contributed by atoms with Gasteiger partial charge in [-0.1, -0.05) is 54.6 Å². The average Bonchev–Trinajstić information content (AvgIpc) is 2.96. The van der Waals surface area contributed by atoms with E-state index in [0.717, 1.165) is 16.8 Å². The molecule has 0 radical (unpaired) electrons. The maximum Gasteiger partial charge on any atom is 0.246 e. The topological polar surface area (TPSA) is 70.2 Å². The number of methoxy groups -OCH3 is 1. The van der Waals surface area contributed by atoms with Crippen LogP contribution in [0.5, 0.6) is 5.75 Å². The number of hydrogen-bond acceptors (Lipinski definition) is 5. The third-order valence-corrected chi connectivity index (χ3v) is 8.87. The monoisotopic (exact) mass is 517 g/mol. The van der Waals surface area contributed by atoms with Crippen LogP contribution in [0.2, 0.25) is 0 Å². The van der Waals surface area contributed by atoms with Crippen LogP contribution in [0.15, 0.2) is 83.8 Å². The largest absolute Gasteiger partial charge is 0.495 e. The number of fused-ring (bicyclic) bond motifs is 1. The summed E-state index contributed by atoms with van der Waals surface area (Å²) in [7, 11) is -2.09. The molecule has 0 saturated carbocycles. The number of carbonyl (C=O) groups excluding carboxylic acids is 1. The predicted molar refractivity (Wildman–Crippen MR) is 145 cm³/mol. The zero-order chi connectivity index (χ0) is 25.8. The summed E-state index contributed by atoms with van der Waals surface area (Å²) >= 11 is 0. The number of sulfonamides is 1. The molecule has 1 fully saturated rings. The molecule has 8 heteroatoms. The van der Waals surface area contributed by atoms with E-state index in [1.165, 1.54) is 5.56 Å². The fourth-order valence-electron chi connectivity index (χ4n) is 4.91. The average molecular weight is 518 g/mol. The summed E-state index contributed by atoms with van der Waals surface area (Å²) in [6.45, 7) is 3.08. The Kier molecular flexibility index (Phi) is 7.30. The Labute approximate surface area is 218 Å². The molecule has 2 aliphatic heterocycles.